The molecule has 1 aromatic rings. The summed E-state index contributed by atoms with van der Waals surface area (Å²) >= 11 is 6.18. The van der Waals surface area contributed by atoms with E-state index in [4.69, 9.17) is 11.6 Å². The van der Waals surface area contributed by atoms with Crippen LogP contribution in [0.1, 0.15) is 31.7 Å². The summed E-state index contributed by atoms with van der Waals surface area (Å²) < 4.78 is 0. The second-order valence-electron chi connectivity index (χ2n) is 4.61. The van der Waals surface area contributed by atoms with Crippen LogP contribution in [0.3, 0.4) is 0 Å². The van der Waals surface area contributed by atoms with Crippen LogP contribution in [0.5, 0.6) is 0 Å². The Labute approximate surface area is 106 Å². The van der Waals surface area contributed by atoms with Gasteiger partial charge < -0.3 is 0 Å². The smallest absolute Gasteiger partial charge is 0.258 e. The molecule has 94 valence electrons. The number of hydrogen-bond acceptors (Lipinski definition) is 3. The molecule has 0 N–H and O–H groups in total. The highest BCUT2D eigenvalue weighted by Crippen LogP contribution is 2.22. The minimum absolute atomic E-state index is 0.0602. The van der Waals surface area contributed by atoms with Crippen molar-refractivity contribution in [2.45, 2.75) is 39.0 Å². The van der Waals surface area contributed by atoms with Crippen LogP contribution < -0.4 is 0 Å². The van der Waals surface area contributed by atoms with Gasteiger partial charge in [0.2, 0.25) is 0 Å². The zero-order valence-corrected chi connectivity index (χ0v) is 11.1. The first kappa shape index (κ1) is 13.9. The van der Waals surface area contributed by atoms with Gasteiger partial charge in [-0.3, -0.25) is 15.1 Å². The fraction of sp³-hybridized carbons (Fsp3) is 0.583. The van der Waals surface area contributed by atoms with E-state index in [2.05, 4.69) is 18.8 Å². The van der Waals surface area contributed by atoms with Gasteiger partial charge >= 0.3 is 0 Å². The first-order valence-corrected chi connectivity index (χ1v) is 6.08. The van der Waals surface area contributed by atoms with E-state index < -0.39 is 4.92 Å². The second kappa shape index (κ2) is 5.96. The van der Waals surface area contributed by atoms with E-state index in [-0.39, 0.29) is 11.1 Å². The molecule has 0 amide bonds. The minimum Gasteiger partial charge on any atom is -0.258 e. The summed E-state index contributed by atoms with van der Waals surface area (Å²) in [7, 11) is 0. The van der Waals surface area contributed by atoms with Crippen LogP contribution in [0.2, 0.25) is 0 Å². The van der Waals surface area contributed by atoms with Gasteiger partial charge in [-0.05, 0) is 25.3 Å². The molecule has 0 spiro atoms. The number of halogens is 1. The third-order valence-electron chi connectivity index (χ3n) is 2.43. The number of aryl methyl sites for hydroxylation is 1. The van der Waals surface area contributed by atoms with E-state index in [1.165, 1.54) is 6.07 Å². The largest absolute Gasteiger partial charge is 0.290 e. The molecule has 0 saturated carbocycles. The lowest BCUT2D eigenvalue weighted by Gasteiger charge is -2.11. The topological polar surface area (TPSA) is 56.0 Å². The maximum Gasteiger partial charge on any atom is 0.290 e. The van der Waals surface area contributed by atoms with Gasteiger partial charge in [0.25, 0.3) is 5.69 Å². The molecule has 0 radical (unpaired) electrons. The summed E-state index contributed by atoms with van der Waals surface area (Å²) in [6, 6.07) is 3.14. The molecule has 1 unspecified atom stereocenters. The molecule has 0 aliphatic rings. The van der Waals surface area contributed by atoms with Crippen molar-refractivity contribution in [1.82, 2.24) is 4.98 Å². The standard InChI is InChI=1S/C12H17ClN2O2/c1-8(2)6-10(13)7-11-12(15(16)17)5-4-9(3)14-11/h4-5,8,10H,6-7H2,1-3H3. The molecule has 1 atom stereocenters. The number of alkyl halides is 1. The van der Waals surface area contributed by atoms with Crippen LogP contribution in [0.25, 0.3) is 0 Å². The van der Waals surface area contributed by atoms with Gasteiger partial charge in [0.15, 0.2) is 0 Å². The molecule has 0 fully saturated rings. The maximum absolute atomic E-state index is 10.9. The Morgan fingerprint density at radius 1 is 1.47 bits per heavy atom. The number of hydrogen-bond donors (Lipinski definition) is 0. The minimum atomic E-state index is -0.402. The number of nitro groups is 1. The Balaban J connectivity index is 2.88. The van der Waals surface area contributed by atoms with E-state index in [1.54, 1.807) is 6.07 Å². The van der Waals surface area contributed by atoms with E-state index in [9.17, 15) is 10.1 Å². The third kappa shape index (κ3) is 4.30. The number of aromatic nitrogens is 1. The predicted octanol–water partition coefficient (Wildman–Crippen LogP) is 3.49. The van der Waals surface area contributed by atoms with E-state index in [0.29, 0.717) is 18.0 Å². The zero-order chi connectivity index (χ0) is 13.0. The van der Waals surface area contributed by atoms with E-state index in [0.717, 1.165) is 12.1 Å². The summed E-state index contributed by atoms with van der Waals surface area (Å²) in [5, 5.41) is 10.8. The number of nitrogens with zero attached hydrogens (tertiary/aromatic N) is 2. The molecule has 1 heterocycles. The second-order valence-corrected chi connectivity index (χ2v) is 5.22. The van der Waals surface area contributed by atoms with Crippen LogP contribution in [-0.4, -0.2) is 15.3 Å². The molecular formula is C12H17ClN2O2. The van der Waals surface area contributed by atoms with Gasteiger partial charge in [0, 0.05) is 23.6 Å². The van der Waals surface area contributed by atoms with Gasteiger partial charge in [-0.1, -0.05) is 13.8 Å². The highest BCUT2D eigenvalue weighted by atomic mass is 35.5. The molecule has 4 nitrogen and oxygen atoms in total. The first-order valence-electron chi connectivity index (χ1n) is 5.65. The van der Waals surface area contributed by atoms with Crippen molar-refractivity contribution in [1.29, 1.82) is 0 Å². The molecule has 1 rings (SSSR count). The number of pyridine rings is 1. The monoisotopic (exact) mass is 256 g/mol. The molecule has 0 bridgehead atoms. The third-order valence-corrected chi connectivity index (χ3v) is 2.76. The Kier molecular flexibility index (Phi) is 4.87. The van der Waals surface area contributed by atoms with Crippen molar-refractivity contribution in [3.8, 4) is 0 Å². The van der Waals surface area contributed by atoms with Crippen LogP contribution in [0.15, 0.2) is 12.1 Å². The van der Waals surface area contributed by atoms with Crippen LogP contribution in [0, 0.1) is 23.0 Å². The Bertz CT molecular complexity index is 407. The Morgan fingerprint density at radius 2 is 2.12 bits per heavy atom. The highest BCUT2D eigenvalue weighted by molar-refractivity contribution is 6.20. The van der Waals surface area contributed by atoms with Gasteiger partial charge in [-0.2, -0.15) is 0 Å². The average molecular weight is 257 g/mol. The molecule has 0 aromatic carbocycles. The van der Waals surface area contributed by atoms with Crippen LogP contribution >= 0.6 is 11.6 Å². The zero-order valence-electron chi connectivity index (χ0n) is 10.3. The number of rotatable bonds is 5. The molecule has 0 aliphatic carbocycles. The normalized spacial score (nSPS) is 12.8. The SMILES string of the molecule is Cc1ccc([N+](=O)[O-])c(CC(Cl)CC(C)C)n1. The molecule has 0 saturated heterocycles. The summed E-state index contributed by atoms with van der Waals surface area (Å²) in [6.07, 6.45) is 1.27. The molecule has 17 heavy (non-hydrogen) atoms. The Morgan fingerprint density at radius 3 is 2.65 bits per heavy atom. The lowest BCUT2D eigenvalue weighted by molar-refractivity contribution is -0.385. The molecule has 0 aliphatic heterocycles. The van der Waals surface area contributed by atoms with Gasteiger partial charge in [0.05, 0.1) is 4.92 Å². The summed E-state index contributed by atoms with van der Waals surface area (Å²) in [6.45, 7) is 5.97. The highest BCUT2D eigenvalue weighted by Gasteiger charge is 2.19. The fourth-order valence-corrected chi connectivity index (χ4v) is 2.23. The van der Waals surface area contributed by atoms with Gasteiger partial charge in [0.1, 0.15) is 5.69 Å². The quantitative estimate of drug-likeness (QED) is 0.460. The lowest BCUT2D eigenvalue weighted by Crippen LogP contribution is -2.10. The van der Waals surface area contributed by atoms with Gasteiger partial charge in [-0.15, -0.1) is 11.6 Å². The van der Waals surface area contributed by atoms with Crippen molar-refractivity contribution in [2.24, 2.45) is 5.92 Å². The first-order chi connectivity index (χ1) is 7.90. The van der Waals surface area contributed by atoms with Crippen molar-refractivity contribution in [2.75, 3.05) is 0 Å². The van der Waals surface area contributed by atoms with E-state index >= 15 is 0 Å². The summed E-state index contributed by atoms with van der Waals surface area (Å²) in [5.41, 5.74) is 1.32. The predicted molar refractivity (Wildman–Crippen MR) is 68.4 cm³/mol. The summed E-state index contributed by atoms with van der Waals surface area (Å²) in [5.74, 6) is 0.473. The molecular weight excluding hydrogens is 240 g/mol. The van der Waals surface area contributed by atoms with Crippen LogP contribution in [-0.2, 0) is 6.42 Å². The van der Waals surface area contributed by atoms with Gasteiger partial charge in [-0.25, -0.2) is 0 Å². The van der Waals surface area contributed by atoms with Crippen molar-refractivity contribution < 1.29 is 4.92 Å². The van der Waals surface area contributed by atoms with Crippen molar-refractivity contribution >= 4 is 17.3 Å². The van der Waals surface area contributed by atoms with E-state index in [1.807, 2.05) is 6.92 Å². The summed E-state index contributed by atoms with van der Waals surface area (Å²) in [4.78, 5) is 14.7. The lowest BCUT2D eigenvalue weighted by atomic mass is 10.0. The molecule has 1 aromatic heterocycles. The average Bonchev–Trinajstić information content (AvgIpc) is 2.15. The fourth-order valence-electron chi connectivity index (χ4n) is 1.72. The molecule has 5 heteroatoms. The van der Waals surface area contributed by atoms with Crippen LogP contribution in [0.4, 0.5) is 5.69 Å². The van der Waals surface area contributed by atoms with Crippen molar-refractivity contribution in [3.05, 3.63) is 33.6 Å². The Hall–Kier alpha value is -1.16. The maximum atomic E-state index is 10.9. The van der Waals surface area contributed by atoms with Crippen molar-refractivity contribution in [3.63, 3.8) is 0 Å².